The second-order valence-electron chi connectivity index (χ2n) is 12.4. The van der Waals surface area contributed by atoms with Crippen LogP contribution in [0.15, 0.2) is 158 Å². The lowest BCUT2D eigenvalue weighted by Crippen LogP contribution is -2.30. The number of nitrogens with zero attached hydrogens (tertiary/aromatic N) is 3. The van der Waals surface area contributed by atoms with Crippen LogP contribution in [0, 0.1) is 6.92 Å². The van der Waals surface area contributed by atoms with Crippen LogP contribution in [0.1, 0.15) is 26.3 Å². The van der Waals surface area contributed by atoms with Crippen LogP contribution in [-0.4, -0.2) is 21.4 Å². The third-order valence-electron chi connectivity index (χ3n) is 9.57. The first-order chi connectivity index (χ1) is 24.1. The summed E-state index contributed by atoms with van der Waals surface area (Å²) >= 11 is 0. The smallest absolute Gasteiger partial charge is 0.268 e. The summed E-state index contributed by atoms with van der Waals surface area (Å²) in [6, 6.07) is 48.1. The van der Waals surface area contributed by atoms with Gasteiger partial charge in [0.25, 0.3) is 11.8 Å². The van der Waals surface area contributed by atoms with Gasteiger partial charge in [-0.25, -0.2) is 4.90 Å². The van der Waals surface area contributed by atoms with E-state index in [4.69, 9.17) is 0 Å². The van der Waals surface area contributed by atoms with Crippen LogP contribution in [0.25, 0.3) is 60.9 Å². The van der Waals surface area contributed by atoms with Gasteiger partial charge in [0, 0.05) is 34.3 Å². The Kier molecular flexibility index (Phi) is 6.59. The van der Waals surface area contributed by atoms with Crippen molar-refractivity contribution in [3.63, 3.8) is 0 Å². The van der Waals surface area contributed by atoms with Crippen LogP contribution in [0.5, 0.6) is 0 Å². The van der Waals surface area contributed by atoms with E-state index in [1.807, 2.05) is 122 Å². The van der Waals surface area contributed by atoms with E-state index in [2.05, 4.69) is 46.8 Å². The zero-order valence-corrected chi connectivity index (χ0v) is 26.7. The maximum absolute atomic E-state index is 14.9. The third kappa shape index (κ3) is 4.44. The summed E-state index contributed by atoms with van der Waals surface area (Å²) in [5, 5.41) is 2.13. The van der Waals surface area contributed by atoms with Gasteiger partial charge in [-0.2, -0.15) is 0 Å². The Labute approximate surface area is 283 Å². The molecule has 1 aliphatic rings. The van der Waals surface area contributed by atoms with Crippen molar-refractivity contribution in [2.45, 2.75) is 6.92 Å². The molecule has 0 N–H and O–H groups in total. The van der Waals surface area contributed by atoms with Gasteiger partial charge < -0.3 is 4.57 Å². The van der Waals surface area contributed by atoms with E-state index in [0.717, 1.165) is 60.8 Å². The number of aromatic nitrogens is 2. The van der Waals surface area contributed by atoms with Gasteiger partial charge in [0.2, 0.25) is 0 Å². The van der Waals surface area contributed by atoms with E-state index in [9.17, 15) is 9.59 Å². The van der Waals surface area contributed by atoms with E-state index in [-0.39, 0.29) is 11.8 Å². The molecule has 0 spiro atoms. The fourth-order valence-electron chi connectivity index (χ4n) is 7.34. The number of hydrogen-bond acceptors (Lipinski definition) is 3. The fourth-order valence-corrected chi connectivity index (χ4v) is 7.34. The van der Waals surface area contributed by atoms with Gasteiger partial charge in [0.05, 0.1) is 33.5 Å². The summed E-state index contributed by atoms with van der Waals surface area (Å²) in [5.74, 6) is -0.676. The number of fused-ring (bicyclic) bond motifs is 4. The molecule has 6 aromatic carbocycles. The fraction of sp³-hybridized carbons (Fsp3) is 0.0227. The van der Waals surface area contributed by atoms with E-state index in [1.54, 1.807) is 6.07 Å². The van der Waals surface area contributed by atoms with Crippen LogP contribution in [0.4, 0.5) is 5.69 Å². The highest BCUT2D eigenvalue weighted by molar-refractivity contribution is 6.37. The number of amides is 2. The van der Waals surface area contributed by atoms with Crippen molar-refractivity contribution in [2.24, 2.45) is 0 Å². The van der Waals surface area contributed by atoms with Crippen molar-refractivity contribution in [1.29, 1.82) is 0 Å². The highest BCUT2D eigenvalue weighted by Gasteiger charge is 2.41. The quantitative estimate of drug-likeness (QED) is 0.178. The Hall–Kier alpha value is -6.59. The average Bonchev–Trinajstić information content (AvgIpc) is 3.62. The molecule has 2 amide bonds. The second kappa shape index (κ2) is 11.3. The molecule has 0 unspecified atom stereocenters. The zero-order chi connectivity index (χ0) is 33.1. The van der Waals surface area contributed by atoms with Crippen LogP contribution in [0.2, 0.25) is 0 Å². The second-order valence-corrected chi connectivity index (χ2v) is 12.4. The van der Waals surface area contributed by atoms with Gasteiger partial charge in [-0.15, -0.1) is 0 Å². The number of rotatable bonds is 5. The average molecular weight is 632 g/mol. The van der Waals surface area contributed by atoms with E-state index < -0.39 is 0 Å². The molecule has 1 aliphatic heterocycles. The van der Waals surface area contributed by atoms with Crippen molar-refractivity contribution >= 4 is 39.3 Å². The lowest BCUT2D eigenvalue weighted by molar-refractivity contribution is 0.0926. The SMILES string of the molecule is Cc1cnccc1-c1ccc2c(c1)c1ccccc1n2-c1cccc2c1C(=O)N(c1c(-c3ccccc3)cccc1-c1ccccc1)C2=O. The monoisotopic (exact) mass is 631 g/mol. The maximum atomic E-state index is 14.9. The minimum absolute atomic E-state index is 0.335. The number of imide groups is 1. The molecule has 0 bridgehead atoms. The minimum atomic E-state index is -0.342. The van der Waals surface area contributed by atoms with Crippen LogP contribution in [-0.2, 0) is 0 Å². The molecule has 3 heterocycles. The summed E-state index contributed by atoms with van der Waals surface area (Å²) in [6.07, 6.45) is 3.69. The largest absolute Gasteiger partial charge is 0.308 e. The number of carbonyl (C=O) groups is 2. The third-order valence-corrected chi connectivity index (χ3v) is 9.57. The highest BCUT2D eigenvalue weighted by atomic mass is 16.2. The molecule has 9 rings (SSSR count). The van der Waals surface area contributed by atoms with Gasteiger partial charge in [0.15, 0.2) is 0 Å². The molecule has 8 aromatic rings. The molecule has 232 valence electrons. The van der Waals surface area contributed by atoms with Crippen molar-refractivity contribution < 1.29 is 9.59 Å². The molecule has 0 atom stereocenters. The van der Waals surface area contributed by atoms with Crippen molar-refractivity contribution in [2.75, 3.05) is 4.90 Å². The molecule has 0 saturated heterocycles. The highest BCUT2D eigenvalue weighted by Crippen LogP contribution is 2.45. The summed E-state index contributed by atoms with van der Waals surface area (Å²) < 4.78 is 2.13. The minimum Gasteiger partial charge on any atom is -0.308 e. The number of pyridine rings is 1. The summed E-state index contributed by atoms with van der Waals surface area (Å²) in [4.78, 5) is 35.1. The number of benzene rings is 6. The summed E-state index contributed by atoms with van der Waals surface area (Å²) in [7, 11) is 0. The predicted molar refractivity (Wildman–Crippen MR) is 197 cm³/mol. The first kappa shape index (κ1) is 28.6. The Morgan fingerprint density at radius 3 is 1.86 bits per heavy atom. The zero-order valence-electron chi connectivity index (χ0n) is 26.7. The normalized spacial score (nSPS) is 12.6. The Morgan fingerprint density at radius 2 is 1.14 bits per heavy atom. The van der Waals surface area contributed by atoms with Crippen molar-refractivity contribution in [3.8, 4) is 39.1 Å². The van der Waals surface area contributed by atoms with Gasteiger partial charge in [-0.3, -0.25) is 14.6 Å². The summed E-state index contributed by atoms with van der Waals surface area (Å²) in [5.41, 5.74) is 10.8. The van der Waals surface area contributed by atoms with E-state index in [0.29, 0.717) is 22.5 Å². The van der Waals surface area contributed by atoms with Gasteiger partial charge in [-0.05, 0) is 71.1 Å². The number of hydrogen-bond donors (Lipinski definition) is 0. The molecule has 0 radical (unpaired) electrons. The van der Waals surface area contributed by atoms with Crippen molar-refractivity contribution in [1.82, 2.24) is 9.55 Å². The summed E-state index contributed by atoms with van der Waals surface area (Å²) in [6.45, 7) is 2.07. The molecule has 5 heteroatoms. The standard InChI is InChI=1S/C44H29N3O2/c1-28-27-45-25-24-32(28)31-22-23-39-37(26-31)35-16-8-9-20-38(35)46(39)40-21-11-19-36-41(40)44(49)47(43(36)48)42-33(29-12-4-2-5-13-29)17-10-18-34(42)30-14-6-3-7-15-30/h2-27H,1H3. The lowest BCUT2D eigenvalue weighted by atomic mass is 9.95. The maximum Gasteiger partial charge on any atom is 0.268 e. The molecule has 0 saturated carbocycles. The number of anilines is 1. The molecular weight excluding hydrogens is 603 g/mol. The Morgan fingerprint density at radius 1 is 0.510 bits per heavy atom. The van der Waals surface area contributed by atoms with Crippen molar-refractivity contribution in [3.05, 3.63) is 175 Å². The first-order valence-electron chi connectivity index (χ1n) is 16.3. The number of carbonyl (C=O) groups excluding carboxylic acids is 2. The molecule has 2 aromatic heterocycles. The van der Waals surface area contributed by atoms with Crippen LogP contribution < -0.4 is 4.90 Å². The molecule has 5 nitrogen and oxygen atoms in total. The van der Waals surface area contributed by atoms with Gasteiger partial charge >= 0.3 is 0 Å². The molecule has 0 aliphatic carbocycles. The molecule has 0 fully saturated rings. The predicted octanol–water partition coefficient (Wildman–Crippen LogP) is 10.3. The van der Waals surface area contributed by atoms with Crippen LogP contribution in [0.3, 0.4) is 0 Å². The van der Waals surface area contributed by atoms with E-state index in [1.165, 1.54) is 4.90 Å². The molecule has 49 heavy (non-hydrogen) atoms. The molecular formula is C44H29N3O2. The first-order valence-corrected chi connectivity index (χ1v) is 16.3. The Balaban J connectivity index is 1.27. The van der Waals surface area contributed by atoms with Crippen LogP contribution >= 0.6 is 0 Å². The number of para-hydroxylation sites is 2. The van der Waals surface area contributed by atoms with Gasteiger partial charge in [-0.1, -0.05) is 109 Å². The topological polar surface area (TPSA) is 55.2 Å². The Bertz CT molecular complexity index is 2550. The number of aryl methyl sites for hydroxylation is 1. The van der Waals surface area contributed by atoms with E-state index >= 15 is 0 Å². The lowest BCUT2D eigenvalue weighted by Gasteiger charge is -2.23. The van der Waals surface area contributed by atoms with Gasteiger partial charge in [0.1, 0.15) is 0 Å².